The van der Waals surface area contributed by atoms with Gasteiger partial charge in [0.25, 0.3) is 0 Å². The van der Waals surface area contributed by atoms with Gasteiger partial charge in [0, 0.05) is 19.1 Å². The molecule has 3 rings (SSSR count). The van der Waals surface area contributed by atoms with Crippen molar-refractivity contribution in [2.24, 2.45) is 5.92 Å². The topological polar surface area (TPSA) is 29.5 Å². The van der Waals surface area contributed by atoms with E-state index in [1.165, 1.54) is 0 Å². The smallest absolute Gasteiger partial charge is 0.155 e. The second-order valence-corrected chi connectivity index (χ2v) is 4.18. The Kier molecular flexibility index (Phi) is 2.39. The van der Waals surface area contributed by atoms with Gasteiger partial charge in [0.05, 0.1) is 12.6 Å². The maximum atomic E-state index is 11.8. The number of Topliss-reactive ketones (excluding diaryl/α,β-unsaturated/α-hetero) is 1. The molecule has 0 aromatic rings. The summed E-state index contributed by atoms with van der Waals surface area (Å²) in [6.07, 6.45) is 2.11. The van der Waals surface area contributed by atoms with Gasteiger partial charge in [-0.05, 0) is 26.3 Å². The molecule has 3 heteroatoms. The second kappa shape index (κ2) is 3.39. The standard InChI is InChI=1S/C10H17NO2/c1-7-5-8-3-4-11(7)9(6-13-2)10(8)12/h7-9H,3-6H2,1-2H3/t7-,8+,9+/m0/s1. The molecule has 0 spiro atoms. The molecule has 0 amide bonds. The largest absolute Gasteiger partial charge is 0.383 e. The van der Waals surface area contributed by atoms with Gasteiger partial charge in [0.15, 0.2) is 5.78 Å². The molecule has 3 heterocycles. The molecule has 13 heavy (non-hydrogen) atoms. The third kappa shape index (κ3) is 1.40. The molecule has 0 aliphatic carbocycles. The molecule has 74 valence electrons. The lowest BCUT2D eigenvalue weighted by Gasteiger charge is -2.48. The van der Waals surface area contributed by atoms with Crippen molar-refractivity contribution in [2.45, 2.75) is 31.8 Å². The number of ketones is 1. The summed E-state index contributed by atoms with van der Waals surface area (Å²) in [5.74, 6) is 0.728. The van der Waals surface area contributed by atoms with Gasteiger partial charge >= 0.3 is 0 Å². The van der Waals surface area contributed by atoms with Gasteiger partial charge in [0.2, 0.25) is 0 Å². The molecule has 3 aliphatic heterocycles. The van der Waals surface area contributed by atoms with Crippen LogP contribution < -0.4 is 0 Å². The maximum absolute atomic E-state index is 11.8. The number of piperidine rings is 3. The fraction of sp³-hybridized carbons (Fsp3) is 0.900. The molecule has 0 aromatic carbocycles. The predicted molar refractivity (Wildman–Crippen MR) is 49.6 cm³/mol. The zero-order chi connectivity index (χ0) is 9.42. The Morgan fingerprint density at radius 2 is 2.38 bits per heavy atom. The van der Waals surface area contributed by atoms with E-state index < -0.39 is 0 Å². The lowest BCUT2D eigenvalue weighted by Crippen LogP contribution is -2.60. The summed E-state index contributed by atoms with van der Waals surface area (Å²) in [5, 5.41) is 0. The molecule has 2 bridgehead atoms. The minimum atomic E-state index is 0.0486. The van der Waals surface area contributed by atoms with Crippen LogP contribution in [-0.2, 0) is 9.53 Å². The highest BCUT2D eigenvalue weighted by Gasteiger charge is 2.44. The Morgan fingerprint density at radius 3 is 3.00 bits per heavy atom. The summed E-state index contributed by atoms with van der Waals surface area (Å²) in [7, 11) is 1.67. The Labute approximate surface area is 79.0 Å². The van der Waals surface area contributed by atoms with Gasteiger partial charge in [-0.3, -0.25) is 9.69 Å². The van der Waals surface area contributed by atoms with E-state index in [2.05, 4.69) is 11.8 Å². The minimum Gasteiger partial charge on any atom is -0.383 e. The van der Waals surface area contributed by atoms with Gasteiger partial charge in [0.1, 0.15) is 0 Å². The number of ether oxygens (including phenoxy) is 1. The molecule has 0 saturated carbocycles. The molecule has 3 saturated heterocycles. The van der Waals surface area contributed by atoms with Crippen molar-refractivity contribution in [1.29, 1.82) is 0 Å². The van der Waals surface area contributed by atoms with Crippen LogP contribution in [0, 0.1) is 5.92 Å². The van der Waals surface area contributed by atoms with Gasteiger partial charge in [-0.1, -0.05) is 0 Å². The van der Waals surface area contributed by atoms with Crippen molar-refractivity contribution in [3.05, 3.63) is 0 Å². The SMILES string of the molecule is COC[C@@H]1C(=O)[C@@H]2CCN1[C@@H](C)C2. The number of nitrogens with zero attached hydrogens (tertiary/aromatic N) is 1. The number of fused-ring (bicyclic) bond motifs is 3. The van der Waals surface area contributed by atoms with Crippen LogP contribution in [0.15, 0.2) is 0 Å². The monoisotopic (exact) mass is 183 g/mol. The van der Waals surface area contributed by atoms with Crippen LogP contribution in [-0.4, -0.2) is 43.0 Å². The van der Waals surface area contributed by atoms with E-state index in [4.69, 9.17) is 4.74 Å². The van der Waals surface area contributed by atoms with E-state index in [-0.39, 0.29) is 6.04 Å². The fourth-order valence-corrected chi connectivity index (χ4v) is 2.68. The average molecular weight is 183 g/mol. The summed E-state index contributed by atoms with van der Waals surface area (Å²) in [5.41, 5.74) is 0. The van der Waals surface area contributed by atoms with Gasteiger partial charge in [-0.15, -0.1) is 0 Å². The van der Waals surface area contributed by atoms with Crippen LogP contribution in [0.4, 0.5) is 0 Å². The summed E-state index contributed by atoms with van der Waals surface area (Å²) < 4.78 is 5.09. The van der Waals surface area contributed by atoms with E-state index in [0.717, 1.165) is 19.4 Å². The molecule has 3 nitrogen and oxygen atoms in total. The van der Waals surface area contributed by atoms with Crippen LogP contribution in [0.5, 0.6) is 0 Å². The highest BCUT2D eigenvalue weighted by molar-refractivity contribution is 5.88. The maximum Gasteiger partial charge on any atom is 0.155 e. The van der Waals surface area contributed by atoms with Crippen molar-refractivity contribution < 1.29 is 9.53 Å². The third-order valence-electron chi connectivity index (χ3n) is 3.38. The number of rotatable bonds is 2. The van der Waals surface area contributed by atoms with Crippen molar-refractivity contribution in [1.82, 2.24) is 4.90 Å². The Bertz CT molecular complexity index is 217. The molecule has 4 atom stereocenters. The summed E-state index contributed by atoms with van der Waals surface area (Å²) >= 11 is 0. The number of methoxy groups -OCH3 is 1. The normalized spacial score (nSPS) is 44.0. The molecule has 0 N–H and O–H groups in total. The minimum absolute atomic E-state index is 0.0486. The highest BCUT2D eigenvalue weighted by Crippen LogP contribution is 2.33. The van der Waals surface area contributed by atoms with Gasteiger partial charge in [-0.2, -0.15) is 0 Å². The van der Waals surface area contributed by atoms with E-state index in [0.29, 0.717) is 24.3 Å². The first-order valence-electron chi connectivity index (χ1n) is 5.02. The number of hydrogen-bond donors (Lipinski definition) is 0. The molecule has 3 fully saturated rings. The Balaban J connectivity index is 2.13. The van der Waals surface area contributed by atoms with E-state index >= 15 is 0 Å². The zero-order valence-corrected chi connectivity index (χ0v) is 8.32. The molecule has 0 aromatic heterocycles. The first kappa shape index (κ1) is 9.16. The fourth-order valence-electron chi connectivity index (χ4n) is 2.68. The van der Waals surface area contributed by atoms with Crippen LogP contribution in [0.3, 0.4) is 0 Å². The van der Waals surface area contributed by atoms with E-state index in [1.807, 2.05) is 0 Å². The zero-order valence-electron chi connectivity index (χ0n) is 8.32. The Morgan fingerprint density at radius 1 is 1.62 bits per heavy atom. The van der Waals surface area contributed by atoms with Crippen LogP contribution in [0.1, 0.15) is 19.8 Å². The molecule has 1 unspecified atom stereocenters. The van der Waals surface area contributed by atoms with E-state index in [1.54, 1.807) is 7.11 Å². The summed E-state index contributed by atoms with van der Waals surface area (Å²) in [6.45, 7) is 3.85. The second-order valence-electron chi connectivity index (χ2n) is 4.18. The quantitative estimate of drug-likeness (QED) is 0.630. The number of carbonyl (C=O) groups excluding carboxylic acids is 1. The molecule has 0 radical (unpaired) electrons. The molecular weight excluding hydrogens is 166 g/mol. The summed E-state index contributed by atoms with van der Waals surface area (Å²) in [6, 6.07) is 0.615. The van der Waals surface area contributed by atoms with Crippen molar-refractivity contribution in [3.63, 3.8) is 0 Å². The van der Waals surface area contributed by atoms with Gasteiger partial charge in [-0.25, -0.2) is 0 Å². The number of hydrogen-bond acceptors (Lipinski definition) is 3. The number of carbonyl (C=O) groups is 1. The van der Waals surface area contributed by atoms with Crippen LogP contribution in [0.2, 0.25) is 0 Å². The first-order chi connectivity index (χ1) is 6.24. The lowest BCUT2D eigenvalue weighted by atomic mass is 9.78. The van der Waals surface area contributed by atoms with Crippen molar-refractivity contribution in [3.8, 4) is 0 Å². The third-order valence-corrected chi connectivity index (χ3v) is 3.38. The van der Waals surface area contributed by atoms with E-state index in [9.17, 15) is 4.79 Å². The average Bonchev–Trinajstić information content (AvgIpc) is 2.12. The highest BCUT2D eigenvalue weighted by atomic mass is 16.5. The molecule has 3 aliphatic rings. The van der Waals surface area contributed by atoms with Gasteiger partial charge < -0.3 is 4.74 Å². The Hall–Kier alpha value is -0.410. The summed E-state index contributed by atoms with van der Waals surface area (Å²) in [4.78, 5) is 14.1. The lowest BCUT2D eigenvalue weighted by molar-refractivity contribution is -0.143. The van der Waals surface area contributed by atoms with Crippen molar-refractivity contribution >= 4 is 5.78 Å². The first-order valence-corrected chi connectivity index (χ1v) is 5.02. The molecular formula is C10H17NO2. The predicted octanol–water partition coefficient (Wildman–Crippen LogP) is 0.685. The van der Waals surface area contributed by atoms with Crippen LogP contribution in [0.25, 0.3) is 0 Å². The van der Waals surface area contributed by atoms with Crippen LogP contribution >= 0.6 is 0 Å². The van der Waals surface area contributed by atoms with Crippen molar-refractivity contribution in [2.75, 3.05) is 20.3 Å².